The number of fused-ring (bicyclic) bond motifs is 1. The molecule has 0 saturated carbocycles. The maximum Gasteiger partial charge on any atom is 0.412 e. The third kappa shape index (κ3) is 7.59. The first-order chi connectivity index (χ1) is 17.2. The number of halogens is 2. The highest BCUT2D eigenvalue weighted by molar-refractivity contribution is 6.31. The van der Waals surface area contributed by atoms with Gasteiger partial charge < -0.3 is 9.84 Å². The minimum absolute atomic E-state index is 0.0207. The zero-order chi connectivity index (χ0) is 26.1. The van der Waals surface area contributed by atoms with Crippen molar-refractivity contribution < 1.29 is 28.6 Å². The molecule has 2 heterocycles. The van der Waals surface area contributed by atoms with Gasteiger partial charge in [0.2, 0.25) is 5.91 Å². The lowest BCUT2D eigenvalue weighted by Crippen LogP contribution is -2.50. The molecule has 0 unspecified atom stereocenters. The van der Waals surface area contributed by atoms with Crippen LogP contribution in [0.3, 0.4) is 0 Å². The van der Waals surface area contributed by atoms with Crippen LogP contribution in [-0.2, 0) is 20.9 Å². The number of pyridine rings is 2. The standard InChI is InChI=1S/C24H25ClFN5O5/c1-15(32)31(29-13-17-4-2-6-20(26)23(17)25)19(5-3-7-22(33)34)14-36-24(35)30-21-10-18-11-27-9-8-16(18)12-28-21/h2,4,6,8-12,19,29H,3,5,7,13-14H2,1H3,(H,33,34)(H,28,30,35)/t19-/m0/s1. The van der Waals surface area contributed by atoms with Gasteiger partial charge in [-0.15, -0.1) is 0 Å². The summed E-state index contributed by atoms with van der Waals surface area (Å²) in [5, 5.41) is 14.3. The second kappa shape index (κ2) is 12.8. The number of nitrogens with one attached hydrogen (secondary N) is 2. The highest BCUT2D eigenvalue weighted by atomic mass is 35.5. The van der Waals surface area contributed by atoms with E-state index in [0.717, 1.165) is 10.8 Å². The van der Waals surface area contributed by atoms with Crippen molar-refractivity contribution in [1.29, 1.82) is 0 Å². The summed E-state index contributed by atoms with van der Waals surface area (Å²) in [7, 11) is 0. The molecule has 10 nitrogen and oxygen atoms in total. The molecule has 0 fully saturated rings. The minimum Gasteiger partial charge on any atom is -0.481 e. The van der Waals surface area contributed by atoms with Crippen molar-refractivity contribution >= 4 is 46.2 Å². The van der Waals surface area contributed by atoms with Gasteiger partial charge in [0.05, 0.1) is 11.1 Å². The Morgan fingerprint density at radius 2 is 2.03 bits per heavy atom. The molecule has 36 heavy (non-hydrogen) atoms. The van der Waals surface area contributed by atoms with E-state index in [-0.39, 0.29) is 43.3 Å². The number of benzene rings is 1. The number of carbonyl (C=O) groups is 3. The van der Waals surface area contributed by atoms with Gasteiger partial charge in [0, 0.05) is 49.3 Å². The van der Waals surface area contributed by atoms with Crippen molar-refractivity contribution in [2.45, 2.75) is 38.8 Å². The Labute approximate surface area is 211 Å². The SMILES string of the molecule is CC(=O)N(NCc1cccc(F)c1Cl)[C@@H](CCCC(=O)O)COC(=O)Nc1cc2cnccc2cn1. The third-order valence-corrected chi connectivity index (χ3v) is 5.69. The molecule has 1 atom stereocenters. The van der Waals surface area contributed by atoms with E-state index in [0.29, 0.717) is 5.56 Å². The number of anilines is 1. The van der Waals surface area contributed by atoms with E-state index in [1.165, 1.54) is 24.1 Å². The molecule has 0 radical (unpaired) electrons. The molecule has 3 N–H and O–H groups in total. The first-order valence-corrected chi connectivity index (χ1v) is 11.4. The molecule has 0 saturated heterocycles. The van der Waals surface area contributed by atoms with Crippen molar-refractivity contribution in [2.24, 2.45) is 0 Å². The lowest BCUT2D eigenvalue weighted by atomic mass is 10.1. The summed E-state index contributed by atoms with van der Waals surface area (Å²) in [6.45, 7) is 1.09. The fourth-order valence-corrected chi connectivity index (χ4v) is 3.68. The first kappa shape index (κ1) is 26.8. The Kier molecular flexibility index (Phi) is 9.48. The second-order valence-electron chi connectivity index (χ2n) is 7.89. The highest BCUT2D eigenvalue weighted by Gasteiger charge is 2.24. The number of carbonyl (C=O) groups excluding carboxylic acids is 2. The molecule has 2 amide bonds. The van der Waals surface area contributed by atoms with Crippen LogP contribution >= 0.6 is 11.6 Å². The fourth-order valence-electron chi connectivity index (χ4n) is 3.49. The number of carboxylic acids is 1. The Morgan fingerprint density at radius 3 is 2.78 bits per heavy atom. The quantitative estimate of drug-likeness (QED) is 0.323. The average Bonchev–Trinajstić information content (AvgIpc) is 2.84. The molecule has 1 aromatic carbocycles. The number of hydrazine groups is 1. The number of amides is 2. The molecule has 0 spiro atoms. The van der Waals surface area contributed by atoms with Gasteiger partial charge in [-0.2, -0.15) is 0 Å². The molecule has 3 aromatic rings. The van der Waals surface area contributed by atoms with Crippen LogP contribution in [0.4, 0.5) is 15.0 Å². The summed E-state index contributed by atoms with van der Waals surface area (Å²) in [5.74, 6) is -1.74. The molecule has 3 rings (SSSR count). The Hall–Kier alpha value is -3.83. The van der Waals surface area contributed by atoms with E-state index in [9.17, 15) is 18.8 Å². The van der Waals surface area contributed by atoms with E-state index in [4.69, 9.17) is 21.4 Å². The first-order valence-electron chi connectivity index (χ1n) is 11.1. The molecule has 0 bridgehead atoms. The molecule has 0 aliphatic rings. The summed E-state index contributed by atoms with van der Waals surface area (Å²) in [5.41, 5.74) is 3.31. The van der Waals surface area contributed by atoms with Crippen LogP contribution < -0.4 is 10.7 Å². The van der Waals surface area contributed by atoms with Crippen LogP contribution in [0, 0.1) is 5.82 Å². The molecular formula is C24H25ClFN5O5. The van der Waals surface area contributed by atoms with E-state index < -0.39 is 29.8 Å². The number of rotatable bonds is 11. The maximum atomic E-state index is 13.8. The van der Waals surface area contributed by atoms with Crippen LogP contribution in [-0.4, -0.2) is 50.7 Å². The number of hydrogen-bond donors (Lipinski definition) is 3. The Balaban J connectivity index is 1.66. The molecule has 190 valence electrons. The second-order valence-corrected chi connectivity index (χ2v) is 8.27. The van der Waals surface area contributed by atoms with Crippen molar-refractivity contribution in [3.63, 3.8) is 0 Å². The summed E-state index contributed by atoms with van der Waals surface area (Å²) >= 11 is 6.00. The van der Waals surface area contributed by atoms with Gasteiger partial charge in [0.15, 0.2) is 0 Å². The van der Waals surface area contributed by atoms with Gasteiger partial charge in [0.1, 0.15) is 18.2 Å². The summed E-state index contributed by atoms with van der Waals surface area (Å²) < 4.78 is 19.1. The van der Waals surface area contributed by atoms with E-state index in [1.54, 1.807) is 36.8 Å². The summed E-state index contributed by atoms with van der Waals surface area (Å²) in [4.78, 5) is 44.0. The number of carboxylic acid groups (broad SMARTS) is 1. The number of ether oxygens (including phenoxy) is 1. The van der Waals surface area contributed by atoms with Crippen LogP contribution in [0.15, 0.2) is 48.9 Å². The normalized spacial score (nSPS) is 11.6. The number of hydrogen-bond acceptors (Lipinski definition) is 7. The zero-order valence-electron chi connectivity index (χ0n) is 19.4. The van der Waals surface area contributed by atoms with Crippen LogP contribution in [0.2, 0.25) is 5.02 Å². The van der Waals surface area contributed by atoms with Gasteiger partial charge in [-0.1, -0.05) is 23.7 Å². The van der Waals surface area contributed by atoms with Gasteiger partial charge in [-0.3, -0.25) is 24.9 Å². The van der Waals surface area contributed by atoms with E-state index >= 15 is 0 Å². The largest absolute Gasteiger partial charge is 0.481 e. The molecule has 0 aliphatic heterocycles. The van der Waals surface area contributed by atoms with Crippen LogP contribution in [0.5, 0.6) is 0 Å². The lowest BCUT2D eigenvalue weighted by Gasteiger charge is -2.31. The topological polar surface area (TPSA) is 134 Å². The minimum atomic E-state index is -0.988. The van der Waals surface area contributed by atoms with Crippen molar-refractivity contribution in [1.82, 2.24) is 20.4 Å². The lowest BCUT2D eigenvalue weighted by molar-refractivity contribution is -0.137. The molecule has 2 aromatic heterocycles. The predicted molar refractivity (Wildman–Crippen MR) is 131 cm³/mol. The van der Waals surface area contributed by atoms with Gasteiger partial charge in [-0.25, -0.2) is 19.6 Å². The fraction of sp³-hybridized carbons (Fsp3) is 0.292. The average molecular weight is 518 g/mol. The summed E-state index contributed by atoms with van der Waals surface area (Å²) in [6.07, 6.45) is 4.38. The monoisotopic (exact) mass is 517 g/mol. The van der Waals surface area contributed by atoms with Gasteiger partial charge in [0.25, 0.3) is 0 Å². The number of aliphatic carboxylic acids is 1. The summed E-state index contributed by atoms with van der Waals surface area (Å²) in [6, 6.07) is 7.04. The van der Waals surface area contributed by atoms with Gasteiger partial charge >= 0.3 is 12.1 Å². The predicted octanol–water partition coefficient (Wildman–Crippen LogP) is 4.15. The van der Waals surface area contributed by atoms with Crippen molar-refractivity contribution in [3.8, 4) is 0 Å². The Morgan fingerprint density at radius 1 is 1.22 bits per heavy atom. The van der Waals surface area contributed by atoms with Crippen LogP contribution in [0.25, 0.3) is 10.8 Å². The van der Waals surface area contributed by atoms with Crippen LogP contribution in [0.1, 0.15) is 31.7 Å². The molecular weight excluding hydrogens is 493 g/mol. The smallest absolute Gasteiger partial charge is 0.412 e. The molecule has 12 heteroatoms. The third-order valence-electron chi connectivity index (χ3n) is 5.26. The van der Waals surface area contributed by atoms with Crippen molar-refractivity contribution in [3.05, 3.63) is 65.3 Å². The number of nitrogens with zero attached hydrogens (tertiary/aromatic N) is 3. The van der Waals surface area contributed by atoms with E-state index in [2.05, 4.69) is 20.7 Å². The highest BCUT2D eigenvalue weighted by Crippen LogP contribution is 2.20. The molecule has 0 aliphatic carbocycles. The number of aromatic nitrogens is 2. The maximum absolute atomic E-state index is 13.8. The van der Waals surface area contributed by atoms with Crippen molar-refractivity contribution in [2.75, 3.05) is 11.9 Å². The van der Waals surface area contributed by atoms with Gasteiger partial charge in [-0.05, 0) is 36.6 Å². The zero-order valence-corrected chi connectivity index (χ0v) is 20.2. The Bertz CT molecular complexity index is 1240. The van der Waals surface area contributed by atoms with E-state index in [1.807, 2.05) is 0 Å².